The Morgan fingerprint density at radius 3 is 2.50 bits per heavy atom. The number of hydrogen-bond acceptors (Lipinski definition) is 4. The summed E-state index contributed by atoms with van der Waals surface area (Å²) in [6, 6.07) is 1.65. The highest BCUT2D eigenvalue weighted by atomic mass is 79.9. The van der Waals surface area contributed by atoms with Crippen LogP contribution in [-0.2, 0) is 10.0 Å². The Labute approximate surface area is 126 Å². The van der Waals surface area contributed by atoms with Crippen LogP contribution in [0.15, 0.2) is 14.1 Å². The first kappa shape index (κ1) is 16.4. The second-order valence-electron chi connectivity index (χ2n) is 4.49. The number of nitrogens with two attached hydrogens (primary N) is 1. The van der Waals surface area contributed by atoms with Crippen LogP contribution < -0.4 is 5.73 Å². The summed E-state index contributed by atoms with van der Waals surface area (Å²) < 4.78 is 27.4. The van der Waals surface area contributed by atoms with Crippen molar-refractivity contribution in [2.75, 3.05) is 13.1 Å². The van der Waals surface area contributed by atoms with Gasteiger partial charge in [0.15, 0.2) is 0 Å². The summed E-state index contributed by atoms with van der Waals surface area (Å²) in [5.41, 5.74) is 6.82. The van der Waals surface area contributed by atoms with E-state index in [1.54, 1.807) is 6.07 Å². The minimum atomic E-state index is -3.36. The molecule has 0 amide bonds. The average Bonchev–Trinajstić information content (AvgIpc) is 2.74. The summed E-state index contributed by atoms with van der Waals surface area (Å²) in [6.45, 7) is 4.80. The van der Waals surface area contributed by atoms with Gasteiger partial charge >= 0.3 is 0 Å². The molecule has 0 saturated carbocycles. The first-order valence-electron chi connectivity index (χ1n) is 5.34. The van der Waals surface area contributed by atoms with Gasteiger partial charge in [-0.2, -0.15) is 4.31 Å². The maximum Gasteiger partial charge on any atom is 0.252 e. The molecule has 1 fully saturated rings. The lowest BCUT2D eigenvalue weighted by molar-refractivity contribution is 0.466. The van der Waals surface area contributed by atoms with Gasteiger partial charge in [-0.1, -0.05) is 6.92 Å². The highest BCUT2D eigenvalue weighted by Crippen LogP contribution is 2.33. The van der Waals surface area contributed by atoms with Crippen molar-refractivity contribution in [3.8, 4) is 0 Å². The van der Waals surface area contributed by atoms with E-state index in [2.05, 4.69) is 15.9 Å². The van der Waals surface area contributed by atoms with Gasteiger partial charge in [-0.3, -0.25) is 0 Å². The Bertz CT molecular complexity index is 502. The molecule has 0 aromatic carbocycles. The fraction of sp³-hybridized carbons (Fsp3) is 0.600. The van der Waals surface area contributed by atoms with Crippen LogP contribution in [0.5, 0.6) is 0 Å². The average molecular weight is 376 g/mol. The van der Waals surface area contributed by atoms with Gasteiger partial charge in [0.2, 0.25) is 0 Å². The van der Waals surface area contributed by atoms with E-state index in [1.165, 1.54) is 15.6 Å². The van der Waals surface area contributed by atoms with Crippen molar-refractivity contribution in [3.05, 3.63) is 15.4 Å². The van der Waals surface area contributed by atoms with E-state index in [0.29, 0.717) is 17.3 Å². The lowest BCUT2D eigenvalue weighted by Crippen LogP contribution is -2.31. The van der Waals surface area contributed by atoms with E-state index in [4.69, 9.17) is 5.73 Å². The van der Waals surface area contributed by atoms with Crippen LogP contribution in [-0.4, -0.2) is 31.9 Å². The zero-order valence-electron chi connectivity index (χ0n) is 10.1. The largest absolute Gasteiger partial charge is 0.326 e. The van der Waals surface area contributed by atoms with Crippen LogP contribution in [0.4, 0.5) is 0 Å². The lowest BCUT2D eigenvalue weighted by atomic mass is 10.1. The van der Waals surface area contributed by atoms with Gasteiger partial charge in [0.05, 0.1) is 3.79 Å². The van der Waals surface area contributed by atoms with Crippen molar-refractivity contribution in [2.24, 2.45) is 11.7 Å². The quantitative estimate of drug-likeness (QED) is 0.862. The van der Waals surface area contributed by atoms with Crippen molar-refractivity contribution >= 4 is 49.7 Å². The van der Waals surface area contributed by atoms with E-state index < -0.39 is 10.0 Å². The molecular formula is C10H16BrClN2O2S2. The van der Waals surface area contributed by atoms with E-state index in [9.17, 15) is 8.42 Å². The molecule has 4 nitrogen and oxygen atoms in total. The minimum Gasteiger partial charge on any atom is -0.326 e. The summed E-state index contributed by atoms with van der Waals surface area (Å²) in [5, 5.41) is 0. The van der Waals surface area contributed by atoms with Gasteiger partial charge in [0, 0.05) is 19.1 Å². The molecule has 2 atom stereocenters. The van der Waals surface area contributed by atoms with Crippen LogP contribution in [0.25, 0.3) is 0 Å². The number of sulfonamides is 1. The second kappa shape index (κ2) is 5.76. The third-order valence-electron chi connectivity index (χ3n) is 3.07. The summed E-state index contributed by atoms with van der Waals surface area (Å²) in [5.74, 6) is 0.217. The number of halogens is 2. The SMILES string of the molecule is Cc1cc(S(=O)(=O)N2CC(C)C(N)C2)sc1Br.Cl. The zero-order valence-corrected chi connectivity index (χ0v) is 14.1. The number of rotatable bonds is 2. The predicted molar refractivity (Wildman–Crippen MR) is 79.9 cm³/mol. The monoisotopic (exact) mass is 374 g/mol. The molecule has 1 aliphatic rings. The summed E-state index contributed by atoms with van der Waals surface area (Å²) >= 11 is 4.61. The minimum absolute atomic E-state index is 0. The molecule has 0 bridgehead atoms. The molecule has 2 N–H and O–H groups in total. The first-order chi connectivity index (χ1) is 7.82. The van der Waals surface area contributed by atoms with Crippen LogP contribution in [0.2, 0.25) is 0 Å². The molecule has 1 aromatic rings. The third kappa shape index (κ3) is 2.91. The van der Waals surface area contributed by atoms with E-state index in [0.717, 1.165) is 9.35 Å². The molecule has 2 unspecified atom stereocenters. The normalized spacial score (nSPS) is 25.1. The van der Waals surface area contributed by atoms with Gasteiger partial charge in [-0.15, -0.1) is 23.7 Å². The molecule has 8 heteroatoms. The maximum absolute atomic E-state index is 12.4. The molecule has 18 heavy (non-hydrogen) atoms. The van der Waals surface area contributed by atoms with Gasteiger partial charge < -0.3 is 5.73 Å². The third-order valence-corrected chi connectivity index (χ3v) is 7.48. The Morgan fingerprint density at radius 2 is 2.11 bits per heavy atom. The van der Waals surface area contributed by atoms with Crippen molar-refractivity contribution in [1.82, 2.24) is 4.31 Å². The van der Waals surface area contributed by atoms with Crippen LogP contribution in [0.3, 0.4) is 0 Å². The highest BCUT2D eigenvalue weighted by Gasteiger charge is 2.36. The van der Waals surface area contributed by atoms with Gasteiger partial charge in [-0.05, 0) is 40.4 Å². The van der Waals surface area contributed by atoms with Crippen molar-refractivity contribution in [2.45, 2.75) is 24.1 Å². The van der Waals surface area contributed by atoms with Crippen molar-refractivity contribution < 1.29 is 8.42 Å². The molecule has 0 radical (unpaired) electrons. The highest BCUT2D eigenvalue weighted by molar-refractivity contribution is 9.11. The fourth-order valence-corrected chi connectivity index (χ4v) is 5.79. The predicted octanol–water partition coefficient (Wildman–Crippen LogP) is 2.21. The molecule has 2 heterocycles. The molecule has 1 saturated heterocycles. The topological polar surface area (TPSA) is 63.4 Å². The fourth-order valence-electron chi connectivity index (χ4n) is 1.83. The molecule has 0 spiro atoms. The maximum atomic E-state index is 12.4. The Morgan fingerprint density at radius 1 is 1.50 bits per heavy atom. The van der Waals surface area contributed by atoms with Gasteiger partial charge in [-0.25, -0.2) is 8.42 Å². The summed E-state index contributed by atoms with van der Waals surface area (Å²) in [7, 11) is -3.36. The van der Waals surface area contributed by atoms with E-state index in [-0.39, 0.29) is 24.4 Å². The zero-order chi connectivity index (χ0) is 12.8. The standard InChI is InChI=1S/C10H15BrN2O2S2.ClH/c1-6-3-9(16-10(6)11)17(14,15)13-4-7(2)8(12)5-13;/h3,7-8H,4-5,12H2,1-2H3;1H. The van der Waals surface area contributed by atoms with Crippen molar-refractivity contribution in [3.63, 3.8) is 0 Å². The number of nitrogens with zero attached hydrogens (tertiary/aromatic N) is 1. The number of thiophene rings is 1. The van der Waals surface area contributed by atoms with Crippen molar-refractivity contribution in [1.29, 1.82) is 0 Å². The molecule has 1 aliphatic heterocycles. The molecular weight excluding hydrogens is 360 g/mol. The van der Waals surface area contributed by atoms with Gasteiger partial charge in [0.25, 0.3) is 10.0 Å². The Hall–Kier alpha value is 0.340. The van der Waals surface area contributed by atoms with Crippen LogP contribution in [0, 0.1) is 12.8 Å². The van der Waals surface area contributed by atoms with Crippen LogP contribution >= 0.6 is 39.7 Å². The van der Waals surface area contributed by atoms with Gasteiger partial charge in [0.1, 0.15) is 4.21 Å². The van der Waals surface area contributed by atoms with E-state index in [1.807, 2.05) is 13.8 Å². The molecule has 0 aliphatic carbocycles. The Balaban J connectivity index is 0.00000162. The number of aryl methyl sites for hydroxylation is 1. The second-order valence-corrected chi connectivity index (χ2v) is 9.02. The number of hydrogen-bond donors (Lipinski definition) is 1. The summed E-state index contributed by atoms with van der Waals surface area (Å²) in [4.78, 5) is 0. The van der Waals surface area contributed by atoms with E-state index >= 15 is 0 Å². The summed E-state index contributed by atoms with van der Waals surface area (Å²) in [6.07, 6.45) is 0. The molecule has 2 rings (SSSR count). The lowest BCUT2D eigenvalue weighted by Gasteiger charge is -2.14. The molecule has 104 valence electrons. The van der Waals surface area contributed by atoms with Crippen LogP contribution in [0.1, 0.15) is 12.5 Å². The Kier molecular flexibility index (Phi) is 5.25. The smallest absolute Gasteiger partial charge is 0.252 e. The first-order valence-corrected chi connectivity index (χ1v) is 8.39. The molecule has 1 aromatic heterocycles.